The van der Waals surface area contributed by atoms with E-state index in [9.17, 15) is 9.59 Å². The number of rotatable bonds is 3. The lowest BCUT2D eigenvalue weighted by atomic mass is 10.2. The van der Waals surface area contributed by atoms with Gasteiger partial charge in [-0.2, -0.15) is 0 Å². The first-order chi connectivity index (χ1) is 9.16. The van der Waals surface area contributed by atoms with Crippen LogP contribution >= 0.6 is 0 Å². The van der Waals surface area contributed by atoms with E-state index in [1.54, 1.807) is 7.05 Å². The third-order valence-electron chi connectivity index (χ3n) is 3.49. The SMILES string of the molecule is CN(Cc1ccccc1)C(=O)C(=O)NC1CCCC1. The van der Waals surface area contributed by atoms with Gasteiger partial charge >= 0.3 is 11.8 Å². The van der Waals surface area contributed by atoms with E-state index in [4.69, 9.17) is 0 Å². The normalized spacial score (nSPS) is 15.2. The van der Waals surface area contributed by atoms with Gasteiger partial charge in [-0.3, -0.25) is 9.59 Å². The first-order valence-electron chi connectivity index (χ1n) is 6.76. The van der Waals surface area contributed by atoms with E-state index in [1.807, 2.05) is 30.3 Å². The second kappa shape index (κ2) is 6.36. The summed E-state index contributed by atoms with van der Waals surface area (Å²) in [5.41, 5.74) is 1.02. The minimum Gasteiger partial charge on any atom is -0.345 e. The minimum absolute atomic E-state index is 0.182. The fourth-order valence-electron chi connectivity index (χ4n) is 2.42. The van der Waals surface area contributed by atoms with Crippen molar-refractivity contribution in [3.05, 3.63) is 35.9 Å². The Hall–Kier alpha value is -1.84. The predicted octanol–water partition coefficient (Wildman–Crippen LogP) is 1.70. The number of carbonyl (C=O) groups is 2. The molecule has 0 bridgehead atoms. The Balaban J connectivity index is 1.85. The second-order valence-electron chi connectivity index (χ2n) is 5.10. The predicted molar refractivity (Wildman–Crippen MR) is 73.3 cm³/mol. The molecule has 2 rings (SSSR count). The lowest BCUT2D eigenvalue weighted by molar-refractivity contribution is -0.145. The summed E-state index contributed by atoms with van der Waals surface area (Å²) in [5.74, 6) is -0.943. The number of hydrogen-bond acceptors (Lipinski definition) is 2. The number of benzene rings is 1. The zero-order valence-corrected chi connectivity index (χ0v) is 11.3. The third kappa shape index (κ3) is 3.81. The molecule has 1 fully saturated rings. The highest BCUT2D eigenvalue weighted by atomic mass is 16.2. The van der Waals surface area contributed by atoms with Crippen LogP contribution in [0.4, 0.5) is 0 Å². The van der Waals surface area contributed by atoms with Crippen molar-refractivity contribution in [2.45, 2.75) is 38.3 Å². The molecule has 102 valence electrons. The maximum Gasteiger partial charge on any atom is 0.311 e. The fourth-order valence-corrected chi connectivity index (χ4v) is 2.42. The van der Waals surface area contributed by atoms with Crippen LogP contribution in [0.3, 0.4) is 0 Å². The molecule has 2 amide bonds. The zero-order chi connectivity index (χ0) is 13.7. The van der Waals surface area contributed by atoms with Crippen LogP contribution in [0, 0.1) is 0 Å². The highest BCUT2D eigenvalue weighted by Gasteiger charge is 2.23. The van der Waals surface area contributed by atoms with Gasteiger partial charge in [0.15, 0.2) is 0 Å². The van der Waals surface area contributed by atoms with Gasteiger partial charge in [-0.15, -0.1) is 0 Å². The molecule has 1 aliphatic carbocycles. The van der Waals surface area contributed by atoms with Gasteiger partial charge in [0.25, 0.3) is 0 Å². The highest BCUT2D eigenvalue weighted by molar-refractivity contribution is 6.34. The average molecular weight is 260 g/mol. The van der Waals surface area contributed by atoms with Crippen molar-refractivity contribution in [1.29, 1.82) is 0 Å². The minimum atomic E-state index is -0.481. The molecule has 0 atom stereocenters. The molecule has 0 spiro atoms. The molecule has 0 heterocycles. The van der Waals surface area contributed by atoms with Crippen LogP contribution in [0.2, 0.25) is 0 Å². The molecular formula is C15H20N2O2. The summed E-state index contributed by atoms with van der Waals surface area (Å²) in [7, 11) is 1.66. The quantitative estimate of drug-likeness (QED) is 0.841. The molecule has 1 N–H and O–H groups in total. The van der Waals surface area contributed by atoms with E-state index in [2.05, 4.69) is 5.32 Å². The summed E-state index contributed by atoms with van der Waals surface area (Å²) >= 11 is 0. The van der Waals surface area contributed by atoms with Gasteiger partial charge in [0.1, 0.15) is 0 Å². The van der Waals surface area contributed by atoms with Crippen molar-refractivity contribution < 1.29 is 9.59 Å². The maximum atomic E-state index is 11.9. The van der Waals surface area contributed by atoms with Crippen LogP contribution in [-0.4, -0.2) is 29.8 Å². The lowest BCUT2D eigenvalue weighted by Crippen LogP contribution is -2.44. The van der Waals surface area contributed by atoms with Crippen molar-refractivity contribution >= 4 is 11.8 Å². The van der Waals surface area contributed by atoms with Gasteiger partial charge in [0.05, 0.1) is 0 Å². The topological polar surface area (TPSA) is 49.4 Å². The van der Waals surface area contributed by atoms with Gasteiger partial charge in [0, 0.05) is 19.6 Å². The summed E-state index contributed by atoms with van der Waals surface area (Å²) in [6.45, 7) is 0.456. The molecule has 0 aromatic heterocycles. The molecule has 0 saturated heterocycles. The molecule has 4 heteroatoms. The van der Waals surface area contributed by atoms with Gasteiger partial charge < -0.3 is 10.2 Å². The lowest BCUT2D eigenvalue weighted by Gasteiger charge is -2.18. The molecule has 1 aliphatic rings. The molecule has 19 heavy (non-hydrogen) atoms. The Kier molecular flexibility index (Phi) is 4.55. The van der Waals surface area contributed by atoms with Crippen molar-refractivity contribution in [3.63, 3.8) is 0 Å². The Bertz CT molecular complexity index is 439. The number of hydrogen-bond donors (Lipinski definition) is 1. The van der Waals surface area contributed by atoms with Crippen LogP contribution in [-0.2, 0) is 16.1 Å². The van der Waals surface area contributed by atoms with Gasteiger partial charge in [-0.25, -0.2) is 0 Å². The first-order valence-corrected chi connectivity index (χ1v) is 6.76. The van der Waals surface area contributed by atoms with Crippen LogP contribution in [0.25, 0.3) is 0 Å². The van der Waals surface area contributed by atoms with Gasteiger partial charge in [-0.05, 0) is 18.4 Å². The fraction of sp³-hybridized carbons (Fsp3) is 0.467. The Labute approximate surface area is 113 Å². The molecule has 1 aromatic carbocycles. The summed E-state index contributed by atoms with van der Waals surface area (Å²) < 4.78 is 0. The molecule has 1 saturated carbocycles. The number of carbonyl (C=O) groups excluding carboxylic acids is 2. The highest BCUT2D eigenvalue weighted by Crippen LogP contribution is 2.17. The summed E-state index contributed by atoms with van der Waals surface area (Å²) in [5, 5.41) is 2.82. The van der Waals surface area contributed by atoms with Gasteiger partial charge in [0.2, 0.25) is 0 Å². The van der Waals surface area contributed by atoms with Crippen molar-refractivity contribution in [2.75, 3.05) is 7.05 Å². The number of amides is 2. The first kappa shape index (κ1) is 13.6. The molecule has 4 nitrogen and oxygen atoms in total. The third-order valence-corrected chi connectivity index (χ3v) is 3.49. The van der Waals surface area contributed by atoms with Crippen molar-refractivity contribution in [1.82, 2.24) is 10.2 Å². The standard InChI is InChI=1S/C15H20N2O2/c1-17(11-12-7-3-2-4-8-12)15(19)14(18)16-13-9-5-6-10-13/h2-4,7-8,13H,5-6,9-11H2,1H3,(H,16,18). The van der Waals surface area contributed by atoms with E-state index in [0.717, 1.165) is 31.2 Å². The number of likely N-dealkylation sites (N-methyl/N-ethyl adjacent to an activating group) is 1. The smallest absolute Gasteiger partial charge is 0.311 e. The summed E-state index contributed by atoms with van der Waals surface area (Å²) in [4.78, 5) is 25.2. The molecule has 0 unspecified atom stereocenters. The van der Waals surface area contributed by atoms with Crippen molar-refractivity contribution in [2.24, 2.45) is 0 Å². The number of nitrogens with one attached hydrogen (secondary N) is 1. The van der Waals surface area contributed by atoms with E-state index in [0.29, 0.717) is 6.54 Å². The maximum absolute atomic E-state index is 11.9. The van der Waals surface area contributed by atoms with Gasteiger partial charge in [-0.1, -0.05) is 43.2 Å². The average Bonchev–Trinajstić information content (AvgIpc) is 2.91. The summed E-state index contributed by atoms with van der Waals surface area (Å²) in [6.07, 6.45) is 4.25. The molecule has 0 radical (unpaired) electrons. The molecule has 1 aromatic rings. The second-order valence-corrected chi connectivity index (χ2v) is 5.10. The largest absolute Gasteiger partial charge is 0.345 e. The van der Waals surface area contributed by atoms with E-state index in [-0.39, 0.29) is 6.04 Å². The monoisotopic (exact) mass is 260 g/mol. The zero-order valence-electron chi connectivity index (χ0n) is 11.3. The summed E-state index contributed by atoms with van der Waals surface area (Å²) in [6, 6.07) is 9.84. The van der Waals surface area contributed by atoms with Crippen LogP contribution < -0.4 is 5.32 Å². The molecular weight excluding hydrogens is 240 g/mol. The van der Waals surface area contributed by atoms with E-state index in [1.165, 1.54) is 4.90 Å². The van der Waals surface area contributed by atoms with Crippen LogP contribution in [0.5, 0.6) is 0 Å². The Morgan fingerprint density at radius 1 is 1.21 bits per heavy atom. The van der Waals surface area contributed by atoms with Crippen molar-refractivity contribution in [3.8, 4) is 0 Å². The van der Waals surface area contributed by atoms with Crippen LogP contribution in [0.1, 0.15) is 31.2 Å². The van der Waals surface area contributed by atoms with Crippen LogP contribution in [0.15, 0.2) is 30.3 Å². The molecule has 0 aliphatic heterocycles. The van der Waals surface area contributed by atoms with E-state index >= 15 is 0 Å². The Morgan fingerprint density at radius 2 is 1.84 bits per heavy atom. The Morgan fingerprint density at radius 3 is 2.47 bits per heavy atom. The number of nitrogens with zero attached hydrogens (tertiary/aromatic N) is 1. The van der Waals surface area contributed by atoms with E-state index < -0.39 is 11.8 Å².